The van der Waals surface area contributed by atoms with Crippen LogP contribution in [0.2, 0.25) is 0 Å². The van der Waals surface area contributed by atoms with Crippen molar-refractivity contribution in [2.45, 2.75) is 33.2 Å². The van der Waals surface area contributed by atoms with Crippen molar-refractivity contribution >= 4 is 22.9 Å². The van der Waals surface area contributed by atoms with E-state index < -0.39 is 17.2 Å². The number of carbonyl (C=O) groups excluding carboxylic acids is 1. The van der Waals surface area contributed by atoms with Crippen molar-refractivity contribution in [1.29, 1.82) is 0 Å². The Kier molecular flexibility index (Phi) is 5.54. The van der Waals surface area contributed by atoms with Crippen LogP contribution in [-0.2, 0) is 31.9 Å². The summed E-state index contributed by atoms with van der Waals surface area (Å²) in [5.41, 5.74) is 0.171. The summed E-state index contributed by atoms with van der Waals surface area (Å²) in [6.45, 7) is 3.50. The second-order valence-corrected chi connectivity index (χ2v) is 7.69. The van der Waals surface area contributed by atoms with Crippen molar-refractivity contribution in [3.63, 3.8) is 0 Å². The summed E-state index contributed by atoms with van der Waals surface area (Å²) in [5.74, 6) is 0.0312. The number of nitrogens with one attached hydrogen (secondary N) is 2. The Bertz CT molecular complexity index is 1550. The van der Waals surface area contributed by atoms with E-state index in [-0.39, 0.29) is 29.2 Å². The quantitative estimate of drug-likeness (QED) is 0.403. The van der Waals surface area contributed by atoms with Gasteiger partial charge in [-0.3, -0.25) is 28.5 Å². The number of aromatic amines is 1. The molecular formula is C20H23N9O4. The van der Waals surface area contributed by atoms with E-state index in [1.807, 2.05) is 6.92 Å². The summed E-state index contributed by atoms with van der Waals surface area (Å²) in [6.07, 6.45) is 2.78. The molecule has 33 heavy (non-hydrogen) atoms. The topological polar surface area (TPSA) is 154 Å². The lowest BCUT2D eigenvalue weighted by Gasteiger charge is -2.10. The zero-order valence-corrected chi connectivity index (χ0v) is 18.6. The zero-order valence-electron chi connectivity index (χ0n) is 18.6. The van der Waals surface area contributed by atoms with Crippen LogP contribution in [-0.4, -0.2) is 44.3 Å². The third kappa shape index (κ3) is 4.00. The second kappa shape index (κ2) is 8.33. The van der Waals surface area contributed by atoms with E-state index in [1.165, 1.54) is 40.3 Å². The summed E-state index contributed by atoms with van der Waals surface area (Å²) < 4.78 is 4.93. The first-order valence-electron chi connectivity index (χ1n) is 10.3. The van der Waals surface area contributed by atoms with Crippen LogP contribution in [0.3, 0.4) is 0 Å². The Labute approximate surface area is 186 Å². The van der Waals surface area contributed by atoms with Gasteiger partial charge < -0.3 is 9.88 Å². The number of imidazole rings is 1. The SMILES string of the molecule is CCCc1cc(=O)[nH]c(-n2nc(C)cc2NC(=O)Cn2cnc3c2c(=O)n(C)c(=O)n3C)n1. The van der Waals surface area contributed by atoms with Crippen LogP contribution in [0.5, 0.6) is 0 Å². The zero-order chi connectivity index (χ0) is 23.9. The molecule has 0 bridgehead atoms. The van der Waals surface area contributed by atoms with Crippen LogP contribution in [0, 0.1) is 6.92 Å². The summed E-state index contributed by atoms with van der Waals surface area (Å²) in [4.78, 5) is 60.7. The molecule has 0 saturated heterocycles. The minimum atomic E-state index is -0.547. The molecule has 0 aromatic carbocycles. The fourth-order valence-electron chi connectivity index (χ4n) is 3.58. The van der Waals surface area contributed by atoms with Gasteiger partial charge in [-0.15, -0.1) is 0 Å². The number of nitrogens with zero attached hydrogens (tertiary/aromatic N) is 7. The molecule has 0 fully saturated rings. The molecule has 13 heteroatoms. The molecule has 2 N–H and O–H groups in total. The number of hydrogen-bond acceptors (Lipinski definition) is 7. The minimum absolute atomic E-state index is 0.137. The molecular weight excluding hydrogens is 430 g/mol. The van der Waals surface area contributed by atoms with Gasteiger partial charge >= 0.3 is 5.69 Å². The molecule has 0 aliphatic rings. The fourth-order valence-corrected chi connectivity index (χ4v) is 3.58. The number of aryl methyl sites for hydroxylation is 3. The maximum atomic E-state index is 12.8. The van der Waals surface area contributed by atoms with E-state index in [4.69, 9.17) is 0 Å². The van der Waals surface area contributed by atoms with Gasteiger partial charge in [0, 0.05) is 31.9 Å². The smallest absolute Gasteiger partial charge is 0.315 e. The van der Waals surface area contributed by atoms with Crippen molar-refractivity contribution in [3.8, 4) is 5.95 Å². The van der Waals surface area contributed by atoms with E-state index in [0.29, 0.717) is 23.6 Å². The van der Waals surface area contributed by atoms with E-state index >= 15 is 0 Å². The van der Waals surface area contributed by atoms with Crippen LogP contribution in [0.15, 0.2) is 32.8 Å². The molecule has 4 heterocycles. The van der Waals surface area contributed by atoms with Gasteiger partial charge in [-0.2, -0.15) is 9.78 Å². The highest BCUT2D eigenvalue weighted by Gasteiger charge is 2.18. The fraction of sp³-hybridized carbons (Fsp3) is 0.350. The minimum Gasteiger partial charge on any atom is -0.315 e. The van der Waals surface area contributed by atoms with E-state index in [9.17, 15) is 19.2 Å². The maximum absolute atomic E-state index is 12.8. The lowest BCUT2D eigenvalue weighted by Crippen LogP contribution is -2.37. The Morgan fingerprint density at radius 2 is 1.91 bits per heavy atom. The average Bonchev–Trinajstić information content (AvgIpc) is 3.33. The normalized spacial score (nSPS) is 11.3. The number of fused-ring (bicyclic) bond motifs is 1. The molecule has 4 rings (SSSR count). The van der Waals surface area contributed by atoms with Crippen molar-refractivity contribution in [3.05, 3.63) is 61.0 Å². The van der Waals surface area contributed by atoms with Gasteiger partial charge in [0.2, 0.25) is 11.9 Å². The van der Waals surface area contributed by atoms with Crippen LogP contribution in [0.1, 0.15) is 24.7 Å². The highest BCUT2D eigenvalue weighted by molar-refractivity contribution is 5.90. The first kappa shape index (κ1) is 21.9. The Balaban J connectivity index is 1.66. The molecule has 4 aromatic heterocycles. The molecule has 1 amide bonds. The number of aromatic nitrogens is 8. The maximum Gasteiger partial charge on any atom is 0.332 e. The van der Waals surface area contributed by atoms with Crippen LogP contribution >= 0.6 is 0 Å². The average molecular weight is 453 g/mol. The summed E-state index contributed by atoms with van der Waals surface area (Å²) in [6, 6.07) is 3.07. The first-order chi connectivity index (χ1) is 15.7. The molecule has 13 nitrogen and oxygen atoms in total. The summed E-state index contributed by atoms with van der Waals surface area (Å²) >= 11 is 0. The molecule has 0 spiro atoms. The van der Waals surface area contributed by atoms with Gasteiger partial charge in [0.25, 0.3) is 11.1 Å². The Hall–Kier alpha value is -4.29. The van der Waals surface area contributed by atoms with Crippen LogP contribution in [0.25, 0.3) is 17.1 Å². The number of hydrogen-bond donors (Lipinski definition) is 2. The van der Waals surface area contributed by atoms with Gasteiger partial charge in [-0.25, -0.2) is 14.8 Å². The molecule has 0 aliphatic heterocycles. The molecule has 0 unspecified atom stereocenters. The number of carbonyl (C=O) groups is 1. The standard InChI is InChI=1S/C20H23N9O4/c1-5-6-12-8-14(30)24-19(22-12)29-13(7-11(2)25-29)23-15(31)9-28-10-21-17-16(28)18(32)27(4)20(33)26(17)3/h7-8,10H,5-6,9H2,1-4H3,(H,23,31)(H,22,24,30). The number of rotatable bonds is 6. The molecule has 172 valence electrons. The van der Waals surface area contributed by atoms with Crippen molar-refractivity contribution in [2.75, 3.05) is 5.32 Å². The molecule has 0 saturated carbocycles. The number of H-pyrrole nitrogens is 1. The number of anilines is 1. The Morgan fingerprint density at radius 1 is 1.15 bits per heavy atom. The van der Waals surface area contributed by atoms with Crippen LogP contribution < -0.4 is 22.1 Å². The Morgan fingerprint density at radius 3 is 2.64 bits per heavy atom. The molecule has 0 radical (unpaired) electrons. The predicted molar refractivity (Wildman–Crippen MR) is 120 cm³/mol. The third-order valence-corrected chi connectivity index (χ3v) is 5.12. The highest BCUT2D eigenvalue weighted by Crippen LogP contribution is 2.15. The number of amides is 1. The van der Waals surface area contributed by atoms with Gasteiger partial charge in [-0.1, -0.05) is 13.3 Å². The monoisotopic (exact) mass is 453 g/mol. The predicted octanol–water partition coefficient (Wildman–Crippen LogP) is -0.398. The van der Waals surface area contributed by atoms with E-state index in [2.05, 4.69) is 25.4 Å². The lowest BCUT2D eigenvalue weighted by atomic mass is 10.2. The molecule has 0 aliphatic carbocycles. The van der Waals surface area contributed by atoms with Crippen LogP contribution in [0.4, 0.5) is 5.82 Å². The third-order valence-electron chi connectivity index (χ3n) is 5.12. The van der Waals surface area contributed by atoms with Crippen molar-refractivity contribution in [1.82, 2.24) is 38.4 Å². The molecule has 4 aromatic rings. The van der Waals surface area contributed by atoms with E-state index in [0.717, 1.165) is 11.0 Å². The van der Waals surface area contributed by atoms with Gasteiger partial charge in [0.1, 0.15) is 12.4 Å². The second-order valence-electron chi connectivity index (χ2n) is 7.69. The van der Waals surface area contributed by atoms with Gasteiger partial charge in [0.05, 0.1) is 12.0 Å². The van der Waals surface area contributed by atoms with Gasteiger partial charge in [-0.05, 0) is 13.3 Å². The molecule has 0 atom stereocenters. The summed E-state index contributed by atoms with van der Waals surface area (Å²) in [7, 11) is 2.87. The lowest BCUT2D eigenvalue weighted by molar-refractivity contribution is -0.116. The van der Waals surface area contributed by atoms with Crippen molar-refractivity contribution in [2.24, 2.45) is 14.1 Å². The van der Waals surface area contributed by atoms with Gasteiger partial charge in [0.15, 0.2) is 11.2 Å². The highest BCUT2D eigenvalue weighted by atomic mass is 16.2. The largest absolute Gasteiger partial charge is 0.332 e. The van der Waals surface area contributed by atoms with E-state index in [1.54, 1.807) is 13.0 Å². The first-order valence-corrected chi connectivity index (χ1v) is 10.3. The van der Waals surface area contributed by atoms with Crippen molar-refractivity contribution < 1.29 is 4.79 Å². The summed E-state index contributed by atoms with van der Waals surface area (Å²) in [5, 5.41) is 7.07.